The molecule has 0 aliphatic carbocycles. The molecule has 0 radical (unpaired) electrons. The highest BCUT2D eigenvalue weighted by Gasteiger charge is 2.19. The van der Waals surface area contributed by atoms with Crippen LogP contribution in [0.1, 0.15) is 0 Å². The van der Waals surface area contributed by atoms with Crippen LogP contribution in [0, 0.1) is 0 Å². The molecule has 13 rings (SSSR count). The van der Waals surface area contributed by atoms with Crippen molar-refractivity contribution in [2.24, 2.45) is 0 Å². The summed E-state index contributed by atoms with van der Waals surface area (Å²) in [4.78, 5) is 5.63. The summed E-state index contributed by atoms with van der Waals surface area (Å²) < 4.78 is 4.76. The Labute approximate surface area is 358 Å². The average molecular weight is 788 g/mol. The van der Waals surface area contributed by atoms with E-state index < -0.39 is 0 Å². The SMILES string of the molecule is c1ccc(-c2cc(-c3cc(-c4ccc5c6ccccc6c6ccccc6c5c4)cc(-n4c5ccccc5c5ccccc54)c3)nc(-n3c4ccccc4c4ccccc43)c2)cc1. The van der Waals surface area contributed by atoms with Crippen molar-refractivity contribution in [1.29, 1.82) is 0 Å². The predicted octanol–water partition coefficient (Wildman–Crippen LogP) is 15.7. The Morgan fingerprint density at radius 3 is 1.21 bits per heavy atom. The first kappa shape index (κ1) is 34.6. The van der Waals surface area contributed by atoms with E-state index in [-0.39, 0.29) is 0 Å². The molecule has 3 nitrogen and oxygen atoms in total. The summed E-state index contributed by atoms with van der Waals surface area (Å²) in [6, 6.07) is 81.7. The van der Waals surface area contributed by atoms with Gasteiger partial charge in [-0.2, -0.15) is 0 Å². The molecule has 0 saturated heterocycles. The molecule has 10 aromatic carbocycles. The van der Waals surface area contributed by atoms with Crippen LogP contribution in [0.15, 0.2) is 224 Å². The van der Waals surface area contributed by atoms with E-state index in [1.54, 1.807) is 0 Å². The molecule has 62 heavy (non-hydrogen) atoms. The number of hydrogen-bond acceptors (Lipinski definition) is 1. The average Bonchev–Trinajstić information content (AvgIpc) is 3.87. The largest absolute Gasteiger partial charge is 0.309 e. The number of nitrogens with zero attached hydrogens (tertiary/aromatic N) is 3. The monoisotopic (exact) mass is 787 g/mol. The third-order valence-electron chi connectivity index (χ3n) is 12.9. The first-order valence-corrected chi connectivity index (χ1v) is 21.3. The summed E-state index contributed by atoms with van der Waals surface area (Å²) >= 11 is 0. The second kappa shape index (κ2) is 13.6. The topological polar surface area (TPSA) is 22.8 Å². The first-order chi connectivity index (χ1) is 30.7. The quantitative estimate of drug-likeness (QED) is 0.159. The highest BCUT2D eigenvalue weighted by atomic mass is 15.1. The summed E-state index contributed by atoms with van der Waals surface area (Å²) in [5, 5.41) is 12.5. The Kier molecular flexibility index (Phi) is 7.60. The van der Waals surface area contributed by atoms with E-state index in [2.05, 4.69) is 234 Å². The van der Waals surface area contributed by atoms with E-state index >= 15 is 0 Å². The van der Waals surface area contributed by atoms with Gasteiger partial charge in [-0.1, -0.05) is 164 Å². The maximum atomic E-state index is 5.63. The summed E-state index contributed by atoms with van der Waals surface area (Å²) in [6.07, 6.45) is 0. The summed E-state index contributed by atoms with van der Waals surface area (Å²) in [6.45, 7) is 0. The number of benzene rings is 10. The minimum Gasteiger partial charge on any atom is -0.309 e. The van der Waals surface area contributed by atoms with Gasteiger partial charge >= 0.3 is 0 Å². The zero-order chi connectivity index (χ0) is 40.7. The lowest BCUT2D eigenvalue weighted by molar-refractivity contribution is 1.08. The van der Waals surface area contributed by atoms with E-state index in [1.165, 1.54) is 64.9 Å². The lowest BCUT2D eigenvalue weighted by Crippen LogP contribution is -2.01. The Hall–Kier alpha value is -8.27. The molecule has 0 bridgehead atoms. The summed E-state index contributed by atoms with van der Waals surface area (Å²) in [7, 11) is 0. The molecule has 0 N–H and O–H groups in total. The molecule has 0 atom stereocenters. The molecular weight excluding hydrogens is 751 g/mol. The van der Waals surface area contributed by atoms with Gasteiger partial charge in [0, 0.05) is 32.8 Å². The van der Waals surface area contributed by atoms with E-state index in [0.29, 0.717) is 0 Å². The van der Waals surface area contributed by atoms with Gasteiger partial charge in [0.2, 0.25) is 0 Å². The standard InChI is InChI=1S/C59H37N3/c1-2-16-38(17-3-1)41-36-54(60-59(37-41)62-57-28-14-10-24-51(57)52-25-11-15-29-58(52)62)42-32-40(33-43(34-42)61-55-26-12-8-22-49(55)50-23-9-13-27-56(50)61)39-30-31-48-46-20-5-4-18-44(46)45-19-6-7-21-47(45)53(48)35-39/h1-37H. The molecule has 3 aromatic heterocycles. The molecule has 0 amide bonds. The molecule has 13 aromatic rings. The Balaban J connectivity index is 1.12. The highest BCUT2D eigenvalue weighted by molar-refractivity contribution is 6.25. The van der Waals surface area contributed by atoms with E-state index in [1.807, 2.05) is 0 Å². The molecule has 0 fully saturated rings. The van der Waals surface area contributed by atoms with Crippen molar-refractivity contribution in [3.05, 3.63) is 224 Å². The fourth-order valence-corrected chi connectivity index (χ4v) is 10.1. The molecule has 3 heterocycles. The van der Waals surface area contributed by atoms with E-state index in [4.69, 9.17) is 4.98 Å². The van der Waals surface area contributed by atoms with Gasteiger partial charge in [-0.25, -0.2) is 4.98 Å². The van der Waals surface area contributed by atoms with Gasteiger partial charge in [0.15, 0.2) is 0 Å². The maximum absolute atomic E-state index is 5.63. The van der Waals surface area contributed by atoms with Crippen molar-refractivity contribution in [1.82, 2.24) is 14.1 Å². The Morgan fingerprint density at radius 2 is 0.661 bits per heavy atom. The smallest absolute Gasteiger partial charge is 0.138 e. The van der Waals surface area contributed by atoms with Crippen LogP contribution in [0.2, 0.25) is 0 Å². The third-order valence-corrected chi connectivity index (χ3v) is 12.9. The van der Waals surface area contributed by atoms with Gasteiger partial charge in [0.1, 0.15) is 5.82 Å². The minimum atomic E-state index is 0.881. The number of fused-ring (bicyclic) bond motifs is 12. The van der Waals surface area contributed by atoms with Gasteiger partial charge in [-0.3, -0.25) is 4.57 Å². The number of hydrogen-bond donors (Lipinski definition) is 0. The van der Waals surface area contributed by atoms with Crippen LogP contribution in [-0.2, 0) is 0 Å². The lowest BCUT2D eigenvalue weighted by atomic mass is 9.91. The van der Waals surface area contributed by atoms with Crippen LogP contribution in [0.25, 0.3) is 121 Å². The zero-order valence-electron chi connectivity index (χ0n) is 33.7. The number of aromatic nitrogens is 3. The minimum absolute atomic E-state index is 0.881. The first-order valence-electron chi connectivity index (χ1n) is 21.3. The normalized spacial score (nSPS) is 11.9. The Bertz CT molecular complexity index is 3780. The van der Waals surface area contributed by atoms with Gasteiger partial charge in [0.25, 0.3) is 0 Å². The molecule has 3 heteroatoms. The fraction of sp³-hybridized carbons (Fsp3) is 0. The summed E-state index contributed by atoms with van der Waals surface area (Å²) in [5.74, 6) is 0.881. The molecule has 0 aliphatic heterocycles. The highest BCUT2D eigenvalue weighted by Crippen LogP contribution is 2.41. The predicted molar refractivity (Wildman–Crippen MR) is 262 cm³/mol. The van der Waals surface area contributed by atoms with Gasteiger partial charge in [-0.05, 0) is 115 Å². The molecule has 0 spiro atoms. The van der Waals surface area contributed by atoms with Crippen LogP contribution >= 0.6 is 0 Å². The maximum Gasteiger partial charge on any atom is 0.138 e. The van der Waals surface area contributed by atoms with Crippen molar-refractivity contribution in [2.75, 3.05) is 0 Å². The van der Waals surface area contributed by atoms with Crippen molar-refractivity contribution < 1.29 is 0 Å². The summed E-state index contributed by atoms with van der Waals surface area (Å²) in [5.41, 5.74) is 12.2. The number of rotatable bonds is 5. The van der Waals surface area contributed by atoms with Crippen molar-refractivity contribution in [3.8, 4) is 45.0 Å². The van der Waals surface area contributed by atoms with Crippen LogP contribution in [0.3, 0.4) is 0 Å². The fourth-order valence-electron chi connectivity index (χ4n) is 10.1. The Morgan fingerprint density at radius 1 is 0.242 bits per heavy atom. The van der Waals surface area contributed by atoms with Crippen LogP contribution in [0.5, 0.6) is 0 Å². The second-order valence-corrected chi connectivity index (χ2v) is 16.3. The van der Waals surface area contributed by atoms with E-state index in [9.17, 15) is 0 Å². The molecule has 0 aliphatic rings. The number of para-hydroxylation sites is 4. The number of pyridine rings is 1. The second-order valence-electron chi connectivity index (χ2n) is 16.3. The molecular formula is C59H37N3. The van der Waals surface area contributed by atoms with Crippen LogP contribution in [-0.4, -0.2) is 14.1 Å². The van der Waals surface area contributed by atoms with Gasteiger partial charge in [0.05, 0.1) is 27.8 Å². The van der Waals surface area contributed by atoms with Crippen molar-refractivity contribution >= 4 is 75.9 Å². The lowest BCUT2D eigenvalue weighted by Gasteiger charge is -2.17. The van der Waals surface area contributed by atoms with Gasteiger partial charge < -0.3 is 4.57 Å². The molecule has 0 unspecified atom stereocenters. The van der Waals surface area contributed by atoms with Crippen LogP contribution < -0.4 is 0 Å². The van der Waals surface area contributed by atoms with Crippen molar-refractivity contribution in [3.63, 3.8) is 0 Å². The van der Waals surface area contributed by atoms with Crippen LogP contribution in [0.4, 0.5) is 0 Å². The molecule has 288 valence electrons. The van der Waals surface area contributed by atoms with Gasteiger partial charge in [-0.15, -0.1) is 0 Å². The van der Waals surface area contributed by atoms with Crippen molar-refractivity contribution in [2.45, 2.75) is 0 Å². The molecule has 0 saturated carbocycles. The van der Waals surface area contributed by atoms with E-state index in [0.717, 1.165) is 56.0 Å². The third kappa shape index (κ3) is 5.28. The zero-order valence-corrected chi connectivity index (χ0v) is 33.7.